The monoisotopic (exact) mass is 268 g/mol. The number of nitrogens with zero attached hydrogens (tertiary/aromatic N) is 1. The molecule has 0 aliphatic carbocycles. The van der Waals surface area contributed by atoms with Gasteiger partial charge >= 0.3 is 12.0 Å². The van der Waals surface area contributed by atoms with Crippen molar-refractivity contribution in [1.29, 1.82) is 0 Å². The first-order chi connectivity index (χ1) is 8.61. The maximum Gasteiger partial charge on any atom is 0.326 e. The number of nitrogens with one attached hydrogen (secondary N) is 1. The summed E-state index contributed by atoms with van der Waals surface area (Å²) < 4.78 is 0. The van der Waals surface area contributed by atoms with Crippen molar-refractivity contribution in [3.05, 3.63) is 21.9 Å². The van der Waals surface area contributed by atoms with Gasteiger partial charge in [0.25, 0.3) is 0 Å². The van der Waals surface area contributed by atoms with Gasteiger partial charge < -0.3 is 15.3 Å². The third kappa shape index (κ3) is 2.64. The summed E-state index contributed by atoms with van der Waals surface area (Å²) in [5.41, 5.74) is 1.17. The van der Waals surface area contributed by atoms with E-state index in [0.717, 1.165) is 6.42 Å². The lowest BCUT2D eigenvalue weighted by molar-refractivity contribution is -0.139. The Bertz CT molecular complexity index is 458. The molecule has 0 spiro atoms. The molecule has 1 aliphatic heterocycles. The number of hydrogen-bond acceptors (Lipinski definition) is 3. The molecule has 1 aromatic rings. The van der Waals surface area contributed by atoms with E-state index in [1.54, 1.807) is 23.2 Å². The molecule has 2 N–H and O–H groups in total. The molecule has 1 unspecified atom stereocenters. The van der Waals surface area contributed by atoms with Crippen LogP contribution in [0.4, 0.5) is 4.79 Å². The predicted molar refractivity (Wildman–Crippen MR) is 68.7 cm³/mol. The summed E-state index contributed by atoms with van der Waals surface area (Å²) in [6, 6.07) is 0.927. The van der Waals surface area contributed by atoms with Crippen LogP contribution in [-0.2, 0) is 17.8 Å². The molecular weight excluding hydrogens is 252 g/mol. The Morgan fingerprint density at radius 3 is 3.06 bits per heavy atom. The molecule has 0 saturated carbocycles. The number of hydrogen-bond donors (Lipinski definition) is 2. The van der Waals surface area contributed by atoms with Crippen LogP contribution in [0.3, 0.4) is 0 Å². The van der Waals surface area contributed by atoms with Crippen molar-refractivity contribution in [3.63, 3.8) is 0 Å². The largest absolute Gasteiger partial charge is 0.480 e. The van der Waals surface area contributed by atoms with E-state index in [1.807, 2.05) is 11.4 Å². The molecular formula is C12H16N2O3S. The van der Waals surface area contributed by atoms with Crippen LogP contribution in [0.1, 0.15) is 23.8 Å². The molecule has 98 valence electrons. The highest BCUT2D eigenvalue weighted by Gasteiger charge is 2.25. The maximum absolute atomic E-state index is 12.0. The summed E-state index contributed by atoms with van der Waals surface area (Å²) in [5.74, 6) is -0.987. The smallest absolute Gasteiger partial charge is 0.326 e. The third-order valence-electron chi connectivity index (χ3n) is 3.10. The molecule has 0 radical (unpaired) electrons. The molecule has 0 saturated heterocycles. The molecule has 6 heteroatoms. The molecule has 1 aromatic heterocycles. The Kier molecular flexibility index (Phi) is 3.86. The van der Waals surface area contributed by atoms with Crippen molar-refractivity contribution in [3.8, 4) is 0 Å². The molecule has 2 amide bonds. The summed E-state index contributed by atoms with van der Waals surface area (Å²) in [5, 5.41) is 13.5. The molecule has 0 bridgehead atoms. The summed E-state index contributed by atoms with van der Waals surface area (Å²) >= 11 is 1.71. The van der Waals surface area contributed by atoms with Gasteiger partial charge in [0.1, 0.15) is 6.04 Å². The number of aliphatic carboxylic acids is 1. The van der Waals surface area contributed by atoms with E-state index in [1.165, 1.54) is 10.4 Å². The van der Waals surface area contributed by atoms with Crippen LogP contribution in [-0.4, -0.2) is 34.6 Å². The number of carbonyl (C=O) groups excluding carboxylic acids is 1. The molecule has 1 atom stereocenters. The lowest BCUT2D eigenvalue weighted by Gasteiger charge is -2.28. The molecule has 2 rings (SSSR count). The first-order valence-corrected chi connectivity index (χ1v) is 6.83. The number of rotatable bonds is 3. The Morgan fingerprint density at radius 2 is 2.39 bits per heavy atom. The lowest BCUT2D eigenvalue weighted by atomic mass is 10.1. The minimum absolute atomic E-state index is 0.291. The molecule has 1 aliphatic rings. The molecule has 2 heterocycles. The van der Waals surface area contributed by atoms with Gasteiger partial charge in [-0.3, -0.25) is 0 Å². The highest BCUT2D eigenvalue weighted by molar-refractivity contribution is 7.10. The SMILES string of the molecule is CCC(NC(=O)N1CCc2sccc2C1)C(=O)O. The van der Waals surface area contributed by atoms with E-state index in [2.05, 4.69) is 5.32 Å². The third-order valence-corrected chi connectivity index (χ3v) is 4.12. The predicted octanol–water partition coefficient (Wildman–Crippen LogP) is 1.68. The standard InChI is InChI=1S/C12H16N2O3S/c1-2-9(11(15)16)13-12(17)14-5-3-10-8(7-14)4-6-18-10/h4,6,9H,2-3,5,7H2,1H3,(H,13,17)(H,15,16). The van der Waals surface area contributed by atoms with Crippen LogP contribution >= 0.6 is 11.3 Å². The number of thiophene rings is 1. The van der Waals surface area contributed by atoms with Gasteiger partial charge in [0.15, 0.2) is 0 Å². The van der Waals surface area contributed by atoms with Crippen molar-refractivity contribution in [2.45, 2.75) is 32.4 Å². The number of carboxylic acids is 1. The Labute approximate surface area is 109 Å². The molecule has 5 nitrogen and oxygen atoms in total. The number of carboxylic acid groups (broad SMARTS) is 1. The Balaban J connectivity index is 1.97. The molecule has 18 heavy (non-hydrogen) atoms. The zero-order valence-electron chi connectivity index (χ0n) is 10.2. The fourth-order valence-electron chi connectivity index (χ4n) is 2.00. The lowest BCUT2D eigenvalue weighted by Crippen LogP contribution is -2.48. The highest BCUT2D eigenvalue weighted by atomic mass is 32.1. The number of fused-ring (bicyclic) bond motifs is 1. The average molecular weight is 268 g/mol. The van der Waals surface area contributed by atoms with E-state index < -0.39 is 12.0 Å². The van der Waals surface area contributed by atoms with Crippen LogP contribution in [0.5, 0.6) is 0 Å². The summed E-state index contributed by atoms with van der Waals surface area (Å²) in [6.07, 6.45) is 1.24. The van der Waals surface area contributed by atoms with Gasteiger partial charge in [-0.2, -0.15) is 0 Å². The second-order valence-corrected chi connectivity index (χ2v) is 5.29. The van der Waals surface area contributed by atoms with Crippen LogP contribution in [0.25, 0.3) is 0 Å². The zero-order valence-corrected chi connectivity index (χ0v) is 11.0. The van der Waals surface area contributed by atoms with Crippen molar-refractivity contribution in [2.24, 2.45) is 0 Å². The molecule has 0 fully saturated rings. The van der Waals surface area contributed by atoms with E-state index in [0.29, 0.717) is 19.5 Å². The van der Waals surface area contributed by atoms with Crippen molar-refractivity contribution in [2.75, 3.05) is 6.54 Å². The van der Waals surface area contributed by atoms with Crippen molar-refractivity contribution < 1.29 is 14.7 Å². The van der Waals surface area contributed by atoms with E-state index in [9.17, 15) is 9.59 Å². The van der Waals surface area contributed by atoms with Gasteiger partial charge in [0.05, 0.1) is 0 Å². The normalized spacial score (nSPS) is 15.9. The van der Waals surface area contributed by atoms with E-state index >= 15 is 0 Å². The summed E-state index contributed by atoms with van der Waals surface area (Å²) in [4.78, 5) is 25.8. The van der Waals surface area contributed by atoms with Crippen LogP contribution < -0.4 is 5.32 Å². The maximum atomic E-state index is 12.0. The molecule has 0 aromatic carbocycles. The van der Waals surface area contributed by atoms with Gasteiger partial charge in [-0.05, 0) is 29.9 Å². The first kappa shape index (κ1) is 12.9. The van der Waals surface area contributed by atoms with Gasteiger partial charge in [-0.25, -0.2) is 9.59 Å². The van der Waals surface area contributed by atoms with Gasteiger partial charge in [0.2, 0.25) is 0 Å². The number of urea groups is 1. The van der Waals surface area contributed by atoms with Crippen LogP contribution in [0, 0.1) is 0 Å². The van der Waals surface area contributed by atoms with Crippen LogP contribution in [0.2, 0.25) is 0 Å². The number of carbonyl (C=O) groups is 2. The minimum atomic E-state index is -0.987. The summed E-state index contributed by atoms with van der Waals surface area (Å²) in [7, 11) is 0. The minimum Gasteiger partial charge on any atom is -0.480 e. The van der Waals surface area contributed by atoms with Crippen molar-refractivity contribution in [1.82, 2.24) is 10.2 Å². The van der Waals surface area contributed by atoms with Crippen molar-refractivity contribution >= 4 is 23.3 Å². The average Bonchev–Trinajstić information content (AvgIpc) is 2.82. The Hall–Kier alpha value is -1.56. The van der Waals surface area contributed by atoms with Gasteiger partial charge in [-0.15, -0.1) is 11.3 Å². The second kappa shape index (κ2) is 5.39. The quantitative estimate of drug-likeness (QED) is 0.876. The zero-order chi connectivity index (χ0) is 13.1. The van der Waals surface area contributed by atoms with Gasteiger partial charge in [0, 0.05) is 18.0 Å². The number of amides is 2. The topological polar surface area (TPSA) is 69.6 Å². The summed E-state index contributed by atoms with van der Waals surface area (Å²) in [6.45, 7) is 2.96. The first-order valence-electron chi connectivity index (χ1n) is 5.95. The van der Waals surface area contributed by atoms with Crippen LogP contribution in [0.15, 0.2) is 11.4 Å². The fourth-order valence-corrected chi connectivity index (χ4v) is 2.89. The van der Waals surface area contributed by atoms with Gasteiger partial charge in [-0.1, -0.05) is 6.92 Å². The highest BCUT2D eigenvalue weighted by Crippen LogP contribution is 2.23. The Morgan fingerprint density at radius 1 is 1.61 bits per heavy atom. The van der Waals surface area contributed by atoms with E-state index in [4.69, 9.17) is 5.11 Å². The van der Waals surface area contributed by atoms with E-state index in [-0.39, 0.29) is 6.03 Å². The fraction of sp³-hybridized carbons (Fsp3) is 0.500. The second-order valence-electron chi connectivity index (χ2n) is 4.29.